The summed E-state index contributed by atoms with van der Waals surface area (Å²) in [7, 11) is 1.98. The third-order valence-corrected chi connectivity index (χ3v) is 3.11. The van der Waals surface area contributed by atoms with Crippen molar-refractivity contribution in [3.63, 3.8) is 0 Å². The van der Waals surface area contributed by atoms with E-state index in [0.29, 0.717) is 6.54 Å². The lowest BCUT2D eigenvalue weighted by Gasteiger charge is -2.20. The summed E-state index contributed by atoms with van der Waals surface area (Å²) in [5.74, 6) is 0.987. The van der Waals surface area contributed by atoms with Crippen LogP contribution in [0.1, 0.15) is 31.3 Å². The minimum atomic E-state index is 0.0746. The molecule has 0 radical (unpaired) electrons. The molecule has 6 nitrogen and oxygen atoms in total. The minimum Gasteiger partial charge on any atom is -0.384 e. The average Bonchev–Trinajstić information content (AvgIpc) is 2.87. The topological polar surface area (TPSA) is 83.8 Å². The second-order valence-electron chi connectivity index (χ2n) is 5.03. The number of nitrogens with zero attached hydrogens (tertiary/aromatic N) is 4. The van der Waals surface area contributed by atoms with Gasteiger partial charge in [-0.3, -0.25) is 5.41 Å². The molecule has 0 fully saturated rings. The Morgan fingerprint density at radius 2 is 2.20 bits per heavy atom. The SMILES string of the molecule is CC(C)n1ncnc1CN(C)c1cccc(C(=N)N)c1. The molecule has 2 rings (SSSR count). The van der Waals surface area contributed by atoms with Crippen molar-refractivity contribution < 1.29 is 0 Å². The van der Waals surface area contributed by atoms with Crippen LogP contribution in [-0.2, 0) is 6.54 Å². The highest BCUT2D eigenvalue weighted by Gasteiger charge is 2.11. The van der Waals surface area contributed by atoms with Gasteiger partial charge in [0.1, 0.15) is 18.0 Å². The van der Waals surface area contributed by atoms with Gasteiger partial charge in [-0.1, -0.05) is 12.1 Å². The Morgan fingerprint density at radius 1 is 1.45 bits per heavy atom. The average molecular weight is 272 g/mol. The van der Waals surface area contributed by atoms with E-state index < -0.39 is 0 Å². The van der Waals surface area contributed by atoms with Crippen LogP contribution in [0.3, 0.4) is 0 Å². The maximum atomic E-state index is 7.49. The largest absolute Gasteiger partial charge is 0.384 e. The van der Waals surface area contributed by atoms with Gasteiger partial charge in [0, 0.05) is 24.3 Å². The Bertz CT molecular complexity index is 601. The van der Waals surface area contributed by atoms with Crippen molar-refractivity contribution in [2.45, 2.75) is 26.4 Å². The number of rotatable bonds is 5. The van der Waals surface area contributed by atoms with Crippen molar-refractivity contribution in [2.75, 3.05) is 11.9 Å². The van der Waals surface area contributed by atoms with E-state index >= 15 is 0 Å². The molecule has 0 bridgehead atoms. The first-order valence-electron chi connectivity index (χ1n) is 6.53. The van der Waals surface area contributed by atoms with Gasteiger partial charge in [-0.2, -0.15) is 5.10 Å². The van der Waals surface area contributed by atoms with Crippen LogP contribution in [0, 0.1) is 5.41 Å². The fourth-order valence-corrected chi connectivity index (χ4v) is 2.03. The van der Waals surface area contributed by atoms with Crippen molar-refractivity contribution in [1.82, 2.24) is 14.8 Å². The van der Waals surface area contributed by atoms with Crippen molar-refractivity contribution in [1.29, 1.82) is 5.41 Å². The molecule has 0 amide bonds. The molecule has 0 saturated heterocycles. The molecule has 1 aromatic heterocycles. The number of anilines is 1. The lowest BCUT2D eigenvalue weighted by Crippen LogP contribution is -2.21. The predicted octanol–water partition coefficient (Wildman–Crippen LogP) is 1.78. The number of hydrogen-bond acceptors (Lipinski definition) is 4. The van der Waals surface area contributed by atoms with E-state index in [9.17, 15) is 0 Å². The summed E-state index contributed by atoms with van der Waals surface area (Å²) in [5, 5.41) is 11.7. The van der Waals surface area contributed by atoms with Gasteiger partial charge in [0.25, 0.3) is 0 Å². The Balaban J connectivity index is 2.19. The third-order valence-electron chi connectivity index (χ3n) is 3.11. The molecule has 3 N–H and O–H groups in total. The van der Waals surface area contributed by atoms with Crippen LogP contribution in [-0.4, -0.2) is 27.6 Å². The first-order valence-corrected chi connectivity index (χ1v) is 6.53. The van der Waals surface area contributed by atoms with E-state index in [1.54, 1.807) is 6.33 Å². The molecule has 0 aliphatic heterocycles. The molecule has 0 saturated carbocycles. The summed E-state index contributed by atoms with van der Waals surface area (Å²) in [4.78, 5) is 6.37. The van der Waals surface area contributed by atoms with Crippen LogP contribution in [0.2, 0.25) is 0 Å². The molecule has 0 aliphatic rings. The van der Waals surface area contributed by atoms with Crippen LogP contribution in [0.15, 0.2) is 30.6 Å². The quantitative estimate of drug-likeness (QED) is 0.642. The van der Waals surface area contributed by atoms with E-state index in [1.807, 2.05) is 36.0 Å². The van der Waals surface area contributed by atoms with Gasteiger partial charge < -0.3 is 10.6 Å². The van der Waals surface area contributed by atoms with Gasteiger partial charge in [-0.25, -0.2) is 9.67 Å². The third kappa shape index (κ3) is 2.96. The first-order chi connectivity index (χ1) is 9.49. The molecule has 0 spiro atoms. The van der Waals surface area contributed by atoms with Crippen molar-refractivity contribution in [3.8, 4) is 0 Å². The summed E-state index contributed by atoms with van der Waals surface area (Å²) in [6.07, 6.45) is 1.58. The molecule has 1 aromatic carbocycles. The van der Waals surface area contributed by atoms with E-state index in [2.05, 4.69) is 28.8 Å². The molecule has 106 valence electrons. The molecule has 0 aliphatic carbocycles. The standard InChI is InChI=1S/C14H20N6/c1-10(2)20-13(17-9-18-20)8-19(3)12-6-4-5-11(7-12)14(15)16/h4-7,9-10H,8H2,1-3H3,(H3,15,16). The normalized spacial score (nSPS) is 10.8. The number of nitrogen functional groups attached to an aromatic ring is 1. The Labute approximate surface area is 118 Å². The second kappa shape index (κ2) is 5.73. The molecule has 0 unspecified atom stereocenters. The summed E-state index contributed by atoms with van der Waals surface area (Å²) in [6, 6.07) is 7.90. The molecule has 1 heterocycles. The zero-order chi connectivity index (χ0) is 14.7. The highest BCUT2D eigenvalue weighted by atomic mass is 15.4. The van der Waals surface area contributed by atoms with Crippen molar-refractivity contribution in [3.05, 3.63) is 42.0 Å². The number of nitrogens with one attached hydrogen (secondary N) is 1. The number of aromatic nitrogens is 3. The fourth-order valence-electron chi connectivity index (χ4n) is 2.03. The lowest BCUT2D eigenvalue weighted by atomic mass is 10.2. The number of nitrogens with two attached hydrogens (primary N) is 1. The van der Waals surface area contributed by atoms with Gasteiger partial charge >= 0.3 is 0 Å². The zero-order valence-electron chi connectivity index (χ0n) is 12.0. The number of benzene rings is 1. The number of hydrogen-bond donors (Lipinski definition) is 2. The molecule has 20 heavy (non-hydrogen) atoms. The Hall–Kier alpha value is -2.37. The predicted molar refractivity (Wildman–Crippen MR) is 80.0 cm³/mol. The van der Waals surface area contributed by atoms with E-state index in [0.717, 1.165) is 17.1 Å². The second-order valence-corrected chi connectivity index (χ2v) is 5.03. The van der Waals surface area contributed by atoms with E-state index in [1.165, 1.54) is 0 Å². The van der Waals surface area contributed by atoms with E-state index in [4.69, 9.17) is 11.1 Å². The van der Waals surface area contributed by atoms with Crippen molar-refractivity contribution in [2.24, 2.45) is 5.73 Å². The molecule has 6 heteroatoms. The maximum absolute atomic E-state index is 7.49. The monoisotopic (exact) mass is 272 g/mol. The van der Waals surface area contributed by atoms with Crippen LogP contribution in [0.5, 0.6) is 0 Å². The van der Waals surface area contributed by atoms with E-state index in [-0.39, 0.29) is 11.9 Å². The Morgan fingerprint density at radius 3 is 2.85 bits per heavy atom. The minimum absolute atomic E-state index is 0.0746. The van der Waals surface area contributed by atoms with Gasteiger partial charge in [-0.05, 0) is 26.0 Å². The lowest BCUT2D eigenvalue weighted by molar-refractivity contribution is 0.503. The molecular weight excluding hydrogens is 252 g/mol. The summed E-state index contributed by atoms with van der Waals surface area (Å²) < 4.78 is 1.91. The van der Waals surface area contributed by atoms with Crippen LogP contribution >= 0.6 is 0 Å². The molecular formula is C14H20N6. The zero-order valence-corrected chi connectivity index (χ0v) is 12.0. The summed E-state index contributed by atoms with van der Waals surface area (Å²) >= 11 is 0. The summed E-state index contributed by atoms with van der Waals surface area (Å²) in [5.41, 5.74) is 7.24. The fraction of sp³-hybridized carbons (Fsp3) is 0.357. The smallest absolute Gasteiger partial charge is 0.146 e. The van der Waals surface area contributed by atoms with Crippen LogP contribution in [0.4, 0.5) is 5.69 Å². The maximum Gasteiger partial charge on any atom is 0.146 e. The summed E-state index contributed by atoms with van der Waals surface area (Å²) in [6.45, 7) is 4.81. The van der Waals surface area contributed by atoms with Gasteiger partial charge in [0.2, 0.25) is 0 Å². The molecule has 0 atom stereocenters. The Kier molecular flexibility index (Phi) is 4.02. The molecule has 2 aromatic rings. The first kappa shape index (κ1) is 14.0. The highest BCUT2D eigenvalue weighted by Crippen LogP contribution is 2.17. The number of amidine groups is 1. The highest BCUT2D eigenvalue weighted by molar-refractivity contribution is 5.95. The van der Waals surface area contributed by atoms with Gasteiger partial charge in [0.05, 0.1) is 6.54 Å². The van der Waals surface area contributed by atoms with Crippen LogP contribution in [0.25, 0.3) is 0 Å². The van der Waals surface area contributed by atoms with Gasteiger partial charge in [-0.15, -0.1) is 0 Å². The van der Waals surface area contributed by atoms with Crippen molar-refractivity contribution >= 4 is 11.5 Å². The van der Waals surface area contributed by atoms with Crippen LogP contribution < -0.4 is 10.6 Å². The van der Waals surface area contributed by atoms with Gasteiger partial charge in [0.15, 0.2) is 0 Å².